The summed E-state index contributed by atoms with van der Waals surface area (Å²) in [6.07, 6.45) is 0.835. The van der Waals surface area contributed by atoms with Crippen molar-refractivity contribution in [1.29, 1.82) is 5.26 Å². The SMILES string of the molecule is COc1cc2c(cc1OC)[C@H](c1ccccc1)[NH+](CC(=O)N[C@](C)(C#N)C(C)C)CC2. The van der Waals surface area contributed by atoms with Gasteiger partial charge in [-0.15, -0.1) is 0 Å². The highest BCUT2D eigenvalue weighted by Gasteiger charge is 2.37. The monoisotopic (exact) mass is 422 g/mol. The number of hydrogen-bond donors (Lipinski definition) is 2. The van der Waals surface area contributed by atoms with Crippen LogP contribution in [-0.2, 0) is 11.2 Å². The quantitative estimate of drug-likeness (QED) is 0.718. The van der Waals surface area contributed by atoms with Gasteiger partial charge in [-0.25, -0.2) is 0 Å². The van der Waals surface area contributed by atoms with Crippen LogP contribution in [0.4, 0.5) is 0 Å². The molecule has 1 amide bonds. The number of nitriles is 1. The molecule has 0 radical (unpaired) electrons. The summed E-state index contributed by atoms with van der Waals surface area (Å²) < 4.78 is 11.1. The molecule has 3 atom stereocenters. The summed E-state index contributed by atoms with van der Waals surface area (Å²) in [4.78, 5) is 14.1. The number of methoxy groups -OCH3 is 2. The van der Waals surface area contributed by atoms with Crippen LogP contribution in [0.2, 0.25) is 0 Å². The summed E-state index contributed by atoms with van der Waals surface area (Å²) in [5.74, 6) is 1.30. The molecular weight excluding hydrogens is 390 g/mol. The van der Waals surface area contributed by atoms with E-state index in [0.29, 0.717) is 5.75 Å². The first kappa shape index (κ1) is 22.6. The molecule has 1 aliphatic heterocycles. The van der Waals surface area contributed by atoms with Gasteiger partial charge in [0.25, 0.3) is 5.91 Å². The summed E-state index contributed by atoms with van der Waals surface area (Å²) in [5, 5.41) is 12.5. The second-order valence-corrected chi connectivity index (χ2v) is 8.60. The number of fused-ring (bicyclic) bond motifs is 1. The lowest BCUT2D eigenvalue weighted by molar-refractivity contribution is -0.920. The van der Waals surface area contributed by atoms with Crippen LogP contribution < -0.4 is 19.7 Å². The Hall–Kier alpha value is -3.04. The van der Waals surface area contributed by atoms with Crippen molar-refractivity contribution in [2.45, 2.75) is 38.8 Å². The van der Waals surface area contributed by atoms with Crippen LogP contribution in [0.1, 0.15) is 43.5 Å². The molecule has 0 aliphatic carbocycles. The molecule has 3 rings (SSSR count). The number of nitrogens with one attached hydrogen (secondary N) is 2. The van der Waals surface area contributed by atoms with Crippen molar-refractivity contribution in [2.24, 2.45) is 5.92 Å². The Bertz CT molecular complexity index is 968. The second kappa shape index (κ2) is 9.40. The minimum absolute atomic E-state index is 0.0112. The van der Waals surface area contributed by atoms with E-state index in [4.69, 9.17) is 9.47 Å². The van der Waals surface area contributed by atoms with Crippen molar-refractivity contribution in [3.63, 3.8) is 0 Å². The minimum Gasteiger partial charge on any atom is -0.493 e. The summed E-state index contributed by atoms with van der Waals surface area (Å²) >= 11 is 0. The van der Waals surface area contributed by atoms with Gasteiger partial charge in [-0.1, -0.05) is 44.2 Å². The molecule has 6 nitrogen and oxygen atoms in total. The first-order valence-corrected chi connectivity index (χ1v) is 10.7. The van der Waals surface area contributed by atoms with Crippen LogP contribution in [-0.4, -0.2) is 38.8 Å². The van der Waals surface area contributed by atoms with E-state index >= 15 is 0 Å². The lowest BCUT2D eigenvalue weighted by atomic mass is 9.87. The Morgan fingerprint density at radius 1 is 1.23 bits per heavy atom. The van der Waals surface area contributed by atoms with Gasteiger partial charge in [0.1, 0.15) is 11.6 Å². The number of hydrogen-bond acceptors (Lipinski definition) is 4. The molecule has 2 aromatic rings. The van der Waals surface area contributed by atoms with E-state index in [0.717, 1.165) is 34.7 Å². The van der Waals surface area contributed by atoms with Crippen molar-refractivity contribution in [3.8, 4) is 17.6 Å². The third kappa shape index (κ3) is 4.67. The zero-order chi connectivity index (χ0) is 22.6. The van der Waals surface area contributed by atoms with Crippen molar-refractivity contribution in [1.82, 2.24) is 5.32 Å². The third-order valence-corrected chi connectivity index (χ3v) is 6.39. The van der Waals surface area contributed by atoms with Gasteiger partial charge in [-0.3, -0.25) is 4.79 Å². The molecule has 1 aliphatic rings. The molecule has 0 aromatic heterocycles. The van der Waals surface area contributed by atoms with Gasteiger partial charge < -0.3 is 19.7 Å². The van der Waals surface area contributed by atoms with Crippen LogP contribution >= 0.6 is 0 Å². The number of carbonyl (C=O) groups is 1. The molecule has 0 saturated heterocycles. The average Bonchev–Trinajstić information content (AvgIpc) is 2.78. The fourth-order valence-corrected chi connectivity index (χ4v) is 4.17. The van der Waals surface area contributed by atoms with E-state index in [1.165, 1.54) is 5.56 Å². The Morgan fingerprint density at radius 3 is 2.45 bits per heavy atom. The van der Waals surface area contributed by atoms with E-state index in [-0.39, 0.29) is 24.4 Å². The molecule has 0 bridgehead atoms. The molecule has 1 unspecified atom stereocenters. The molecule has 0 spiro atoms. The molecule has 31 heavy (non-hydrogen) atoms. The molecule has 164 valence electrons. The standard InChI is InChI=1S/C25H31N3O3/c1-17(2)25(3,16-26)27-23(29)15-28-12-11-19-13-21(30-4)22(31-5)14-20(19)24(28)18-9-7-6-8-10-18/h6-10,13-14,17,24H,11-12,15H2,1-5H3,(H,27,29)/p+1/t24-,25+/m0/s1. The zero-order valence-corrected chi connectivity index (χ0v) is 19.0. The lowest BCUT2D eigenvalue weighted by Crippen LogP contribution is -3.14. The summed E-state index contributed by atoms with van der Waals surface area (Å²) in [5.41, 5.74) is 2.61. The number of nitrogens with zero attached hydrogens (tertiary/aromatic N) is 1. The Balaban J connectivity index is 1.96. The molecule has 2 aromatic carbocycles. The number of carbonyl (C=O) groups excluding carboxylic acids is 1. The first-order chi connectivity index (χ1) is 14.8. The van der Waals surface area contributed by atoms with Crippen molar-refractivity contribution < 1.29 is 19.2 Å². The van der Waals surface area contributed by atoms with E-state index < -0.39 is 5.54 Å². The van der Waals surface area contributed by atoms with Gasteiger partial charge in [0, 0.05) is 17.5 Å². The van der Waals surface area contributed by atoms with Gasteiger partial charge in [-0.2, -0.15) is 5.26 Å². The maximum atomic E-state index is 13.0. The van der Waals surface area contributed by atoms with Crippen LogP contribution in [0.15, 0.2) is 42.5 Å². The van der Waals surface area contributed by atoms with Crippen molar-refractivity contribution in [3.05, 3.63) is 59.2 Å². The largest absolute Gasteiger partial charge is 0.493 e. The average molecular weight is 423 g/mol. The Morgan fingerprint density at radius 2 is 1.87 bits per heavy atom. The van der Waals surface area contributed by atoms with Gasteiger partial charge >= 0.3 is 0 Å². The molecule has 0 saturated carbocycles. The highest BCUT2D eigenvalue weighted by atomic mass is 16.5. The summed E-state index contributed by atoms with van der Waals surface area (Å²) in [7, 11) is 3.28. The van der Waals surface area contributed by atoms with Crippen LogP contribution in [0, 0.1) is 17.2 Å². The zero-order valence-electron chi connectivity index (χ0n) is 19.0. The Labute approximate surface area is 184 Å². The van der Waals surface area contributed by atoms with E-state index in [9.17, 15) is 10.1 Å². The number of ether oxygens (including phenoxy) is 2. The number of quaternary nitrogens is 1. The van der Waals surface area contributed by atoms with Crippen molar-refractivity contribution in [2.75, 3.05) is 27.3 Å². The van der Waals surface area contributed by atoms with E-state index in [1.807, 2.05) is 44.2 Å². The maximum absolute atomic E-state index is 13.0. The number of rotatable bonds is 7. The van der Waals surface area contributed by atoms with Crippen molar-refractivity contribution >= 4 is 5.91 Å². The lowest BCUT2D eigenvalue weighted by Gasteiger charge is -2.35. The highest BCUT2D eigenvalue weighted by Crippen LogP contribution is 2.36. The predicted octanol–water partition coefficient (Wildman–Crippen LogP) is 2.29. The highest BCUT2D eigenvalue weighted by molar-refractivity contribution is 5.78. The topological polar surface area (TPSA) is 75.8 Å². The summed E-state index contributed by atoms with van der Waals surface area (Å²) in [6.45, 7) is 6.76. The smallest absolute Gasteiger partial charge is 0.276 e. The fourth-order valence-electron chi connectivity index (χ4n) is 4.17. The van der Waals surface area contributed by atoms with E-state index in [2.05, 4.69) is 23.5 Å². The van der Waals surface area contributed by atoms with Crippen LogP contribution in [0.5, 0.6) is 11.5 Å². The molecule has 1 heterocycles. The van der Waals surface area contributed by atoms with Gasteiger partial charge in [-0.05, 0) is 30.5 Å². The number of amides is 1. The van der Waals surface area contributed by atoms with Gasteiger partial charge in [0.2, 0.25) is 0 Å². The Kier molecular flexibility index (Phi) is 6.87. The van der Waals surface area contributed by atoms with Crippen LogP contribution in [0.3, 0.4) is 0 Å². The van der Waals surface area contributed by atoms with Crippen LogP contribution in [0.25, 0.3) is 0 Å². The fraction of sp³-hybridized carbons (Fsp3) is 0.440. The maximum Gasteiger partial charge on any atom is 0.276 e. The van der Waals surface area contributed by atoms with E-state index in [1.54, 1.807) is 21.1 Å². The molecule has 2 N–H and O–H groups in total. The predicted molar refractivity (Wildman–Crippen MR) is 119 cm³/mol. The summed E-state index contributed by atoms with van der Waals surface area (Å²) in [6, 6.07) is 16.6. The first-order valence-electron chi connectivity index (χ1n) is 10.7. The second-order valence-electron chi connectivity index (χ2n) is 8.60. The van der Waals surface area contributed by atoms with Gasteiger partial charge in [0.05, 0.1) is 26.8 Å². The van der Waals surface area contributed by atoms with Gasteiger partial charge in [0.15, 0.2) is 18.0 Å². The number of benzene rings is 2. The third-order valence-electron chi connectivity index (χ3n) is 6.39. The molecule has 6 heteroatoms. The normalized spacial score (nSPS) is 19.6. The molecular formula is C25H32N3O3+. The minimum atomic E-state index is -0.886. The molecule has 0 fully saturated rings.